The molecule has 0 aliphatic carbocycles. The highest BCUT2D eigenvalue weighted by molar-refractivity contribution is 5.90. The van der Waals surface area contributed by atoms with E-state index in [9.17, 15) is 9.59 Å². The first kappa shape index (κ1) is 13.2. The quantitative estimate of drug-likeness (QED) is 0.793. The van der Waals surface area contributed by atoms with Crippen molar-refractivity contribution in [2.75, 3.05) is 0 Å². The number of aromatic nitrogens is 4. The normalized spacial score (nSPS) is 17.5. The number of hydrogen-bond acceptors (Lipinski definition) is 5. The molecule has 1 saturated heterocycles. The van der Waals surface area contributed by atoms with Crippen molar-refractivity contribution in [1.29, 1.82) is 0 Å². The lowest BCUT2D eigenvalue weighted by atomic mass is 10.2. The summed E-state index contributed by atoms with van der Waals surface area (Å²) in [6.07, 6.45) is 5.63. The lowest BCUT2D eigenvalue weighted by molar-refractivity contribution is -0.125. The Hall–Kier alpha value is -2.77. The molecule has 8 heteroatoms. The van der Waals surface area contributed by atoms with Crippen LogP contribution in [0, 0.1) is 0 Å². The van der Waals surface area contributed by atoms with Crippen LogP contribution in [-0.2, 0) is 16.1 Å². The molecule has 21 heavy (non-hydrogen) atoms. The van der Waals surface area contributed by atoms with Gasteiger partial charge in [-0.1, -0.05) is 6.07 Å². The van der Waals surface area contributed by atoms with Gasteiger partial charge in [0.05, 0.1) is 0 Å². The number of carbonyl (C=O) groups is 2. The molecule has 0 bridgehead atoms. The van der Waals surface area contributed by atoms with Crippen LogP contribution in [0.1, 0.15) is 18.4 Å². The summed E-state index contributed by atoms with van der Waals surface area (Å²) in [6, 6.07) is 3.24. The van der Waals surface area contributed by atoms with Crippen LogP contribution in [0.4, 0.5) is 0 Å². The van der Waals surface area contributed by atoms with Crippen molar-refractivity contribution in [2.24, 2.45) is 0 Å². The van der Waals surface area contributed by atoms with Gasteiger partial charge >= 0.3 is 0 Å². The minimum atomic E-state index is -0.417. The average molecular weight is 286 g/mol. The zero-order chi connectivity index (χ0) is 14.7. The monoisotopic (exact) mass is 286 g/mol. The molecule has 0 spiro atoms. The first-order chi connectivity index (χ1) is 10.2. The van der Waals surface area contributed by atoms with Crippen LogP contribution in [0.5, 0.6) is 0 Å². The Morgan fingerprint density at radius 2 is 2.38 bits per heavy atom. The summed E-state index contributed by atoms with van der Waals surface area (Å²) in [5.74, 6) is 0.417. The van der Waals surface area contributed by atoms with Gasteiger partial charge in [-0.25, -0.2) is 14.6 Å². The van der Waals surface area contributed by atoms with E-state index < -0.39 is 6.04 Å². The van der Waals surface area contributed by atoms with Crippen LogP contribution in [-0.4, -0.2) is 37.6 Å². The van der Waals surface area contributed by atoms with Crippen molar-refractivity contribution in [1.82, 2.24) is 30.4 Å². The van der Waals surface area contributed by atoms with Gasteiger partial charge in [0.25, 0.3) is 0 Å². The number of nitrogens with one attached hydrogen (secondary N) is 2. The third-order valence-electron chi connectivity index (χ3n) is 3.24. The maximum absolute atomic E-state index is 11.8. The smallest absolute Gasteiger partial charge is 0.242 e. The molecule has 1 unspecified atom stereocenters. The van der Waals surface area contributed by atoms with E-state index in [1.54, 1.807) is 23.3 Å². The molecule has 108 valence electrons. The third-order valence-corrected chi connectivity index (χ3v) is 3.24. The van der Waals surface area contributed by atoms with Gasteiger partial charge in [0.2, 0.25) is 11.8 Å². The topological polar surface area (TPSA) is 102 Å². The number of rotatable bonds is 4. The van der Waals surface area contributed by atoms with Crippen molar-refractivity contribution in [3.8, 4) is 5.82 Å². The average Bonchev–Trinajstić information content (AvgIpc) is 3.16. The van der Waals surface area contributed by atoms with Crippen molar-refractivity contribution in [3.05, 3.63) is 36.5 Å². The summed E-state index contributed by atoms with van der Waals surface area (Å²) in [5, 5.41) is 9.40. The van der Waals surface area contributed by atoms with E-state index in [0.717, 1.165) is 5.56 Å². The highest BCUT2D eigenvalue weighted by atomic mass is 16.2. The molecule has 1 aliphatic rings. The lowest BCUT2D eigenvalue weighted by Gasteiger charge is -2.10. The summed E-state index contributed by atoms with van der Waals surface area (Å²) in [4.78, 5) is 31.0. The largest absolute Gasteiger partial charge is 0.350 e. The van der Waals surface area contributed by atoms with Crippen molar-refractivity contribution in [2.45, 2.75) is 25.4 Å². The molecule has 1 aliphatic heterocycles. The molecular formula is C13H14N6O2. The Morgan fingerprint density at radius 3 is 3.00 bits per heavy atom. The lowest BCUT2D eigenvalue weighted by Crippen LogP contribution is -2.41. The summed E-state index contributed by atoms with van der Waals surface area (Å²) >= 11 is 0. The molecule has 2 N–H and O–H groups in total. The molecule has 2 amide bonds. The van der Waals surface area contributed by atoms with Crippen LogP contribution in [0.2, 0.25) is 0 Å². The summed E-state index contributed by atoms with van der Waals surface area (Å²) in [5.41, 5.74) is 0.872. The van der Waals surface area contributed by atoms with Gasteiger partial charge in [-0.05, 0) is 18.1 Å². The van der Waals surface area contributed by atoms with Gasteiger partial charge in [-0.15, -0.1) is 0 Å². The molecule has 3 heterocycles. The van der Waals surface area contributed by atoms with E-state index in [1.165, 1.54) is 6.33 Å². The summed E-state index contributed by atoms with van der Waals surface area (Å²) in [6.45, 7) is 0.371. The number of carbonyl (C=O) groups excluding carboxylic acids is 2. The van der Waals surface area contributed by atoms with E-state index in [2.05, 4.69) is 25.7 Å². The Labute approximate surface area is 120 Å². The van der Waals surface area contributed by atoms with Crippen molar-refractivity contribution >= 4 is 11.8 Å². The van der Waals surface area contributed by atoms with Gasteiger partial charge in [-0.2, -0.15) is 5.10 Å². The van der Waals surface area contributed by atoms with E-state index in [1.807, 2.05) is 6.07 Å². The number of amides is 2. The van der Waals surface area contributed by atoms with Gasteiger partial charge < -0.3 is 10.6 Å². The standard InChI is InChI=1S/C13H14N6O2/c20-12-4-2-10(18-12)13(21)16-6-9-1-3-11(15-5-9)19-8-14-7-17-19/h1,3,5,7-8,10H,2,4,6H2,(H,16,21)(H,18,20). The fourth-order valence-corrected chi connectivity index (χ4v) is 2.11. The predicted molar refractivity (Wildman–Crippen MR) is 72.2 cm³/mol. The third kappa shape index (κ3) is 3.04. The van der Waals surface area contributed by atoms with E-state index in [0.29, 0.717) is 25.2 Å². The van der Waals surface area contributed by atoms with Gasteiger partial charge in [0, 0.05) is 19.2 Å². The van der Waals surface area contributed by atoms with E-state index in [-0.39, 0.29) is 11.8 Å². The molecule has 0 saturated carbocycles. The van der Waals surface area contributed by atoms with Crippen LogP contribution in [0.25, 0.3) is 5.82 Å². The Bertz CT molecular complexity index is 637. The molecule has 2 aromatic heterocycles. The zero-order valence-electron chi connectivity index (χ0n) is 11.2. The second-order valence-electron chi connectivity index (χ2n) is 4.74. The SMILES string of the molecule is O=C1CCC(C(=O)NCc2ccc(-n3cncn3)nc2)N1. The Morgan fingerprint density at radius 1 is 1.48 bits per heavy atom. The highest BCUT2D eigenvalue weighted by Crippen LogP contribution is 2.07. The van der Waals surface area contributed by atoms with Gasteiger partial charge in [-0.3, -0.25) is 9.59 Å². The second kappa shape index (κ2) is 5.70. The van der Waals surface area contributed by atoms with Crippen LogP contribution < -0.4 is 10.6 Å². The van der Waals surface area contributed by atoms with Crippen LogP contribution >= 0.6 is 0 Å². The van der Waals surface area contributed by atoms with E-state index in [4.69, 9.17) is 0 Å². The maximum atomic E-state index is 11.8. The predicted octanol–water partition coefficient (Wildman–Crippen LogP) is -0.443. The van der Waals surface area contributed by atoms with Gasteiger partial charge in [0.1, 0.15) is 18.7 Å². The molecule has 3 rings (SSSR count). The summed E-state index contributed by atoms with van der Waals surface area (Å²) < 4.78 is 1.55. The minimum absolute atomic E-state index is 0.0750. The number of nitrogens with zero attached hydrogens (tertiary/aromatic N) is 4. The van der Waals surface area contributed by atoms with Gasteiger partial charge in [0.15, 0.2) is 5.82 Å². The maximum Gasteiger partial charge on any atom is 0.242 e. The fourth-order valence-electron chi connectivity index (χ4n) is 2.11. The van der Waals surface area contributed by atoms with E-state index >= 15 is 0 Å². The van der Waals surface area contributed by atoms with Crippen LogP contribution in [0.15, 0.2) is 31.0 Å². The second-order valence-corrected chi connectivity index (χ2v) is 4.74. The zero-order valence-corrected chi connectivity index (χ0v) is 11.2. The van der Waals surface area contributed by atoms with Crippen molar-refractivity contribution < 1.29 is 9.59 Å². The molecule has 0 aromatic carbocycles. The minimum Gasteiger partial charge on any atom is -0.350 e. The first-order valence-corrected chi connectivity index (χ1v) is 6.59. The Balaban J connectivity index is 1.56. The molecule has 1 atom stereocenters. The fraction of sp³-hybridized carbons (Fsp3) is 0.308. The first-order valence-electron chi connectivity index (χ1n) is 6.59. The van der Waals surface area contributed by atoms with Crippen molar-refractivity contribution in [3.63, 3.8) is 0 Å². The Kier molecular flexibility index (Phi) is 3.59. The number of pyridine rings is 1. The molecule has 0 radical (unpaired) electrons. The highest BCUT2D eigenvalue weighted by Gasteiger charge is 2.26. The van der Waals surface area contributed by atoms with Crippen LogP contribution in [0.3, 0.4) is 0 Å². The molecule has 8 nitrogen and oxygen atoms in total. The molecule has 2 aromatic rings. The number of hydrogen-bond donors (Lipinski definition) is 2. The molecule has 1 fully saturated rings. The summed E-state index contributed by atoms with van der Waals surface area (Å²) in [7, 11) is 0. The molecular weight excluding hydrogens is 272 g/mol.